The topological polar surface area (TPSA) is 62.1 Å². The lowest BCUT2D eigenvalue weighted by Gasteiger charge is -2.32. The lowest BCUT2D eigenvalue weighted by molar-refractivity contribution is -0.114. The van der Waals surface area contributed by atoms with Crippen molar-refractivity contribution >= 4 is 23.0 Å². The molecular weight excluding hydrogens is 320 g/mol. The maximum Gasteiger partial charge on any atom is 0.158 e. The largest absolute Gasteiger partial charge is 0.494 e. The second-order valence-electron chi connectivity index (χ2n) is 5.94. The van der Waals surface area contributed by atoms with Crippen molar-refractivity contribution in [1.82, 2.24) is 5.32 Å². The number of ketones is 1. The summed E-state index contributed by atoms with van der Waals surface area (Å²) in [7, 11) is 0. The van der Waals surface area contributed by atoms with Gasteiger partial charge in [0.2, 0.25) is 0 Å². The Kier molecular flexibility index (Phi) is 6.10. The highest BCUT2D eigenvalue weighted by Gasteiger charge is 2.37. The number of nitrogens with one attached hydrogen (secondary N) is 1. The van der Waals surface area contributed by atoms with Crippen LogP contribution >= 0.6 is 12.2 Å². The van der Waals surface area contributed by atoms with Crippen molar-refractivity contribution in [2.24, 2.45) is 5.92 Å². The maximum atomic E-state index is 12.1. The molecule has 1 aliphatic rings. The Balaban J connectivity index is 2.35. The van der Waals surface area contributed by atoms with E-state index in [1.807, 2.05) is 31.2 Å². The molecular formula is C19H22N2O2S. The Bertz CT molecular complexity index is 701. The van der Waals surface area contributed by atoms with E-state index < -0.39 is 5.92 Å². The predicted molar refractivity (Wildman–Crippen MR) is 97.8 cm³/mol. The fourth-order valence-corrected chi connectivity index (χ4v) is 3.30. The van der Waals surface area contributed by atoms with Gasteiger partial charge in [-0.1, -0.05) is 37.7 Å². The molecule has 0 amide bonds. The van der Waals surface area contributed by atoms with E-state index in [2.05, 4.69) is 18.3 Å². The summed E-state index contributed by atoms with van der Waals surface area (Å²) in [6, 6.07) is 9.85. The monoisotopic (exact) mass is 342 g/mol. The van der Waals surface area contributed by atoms with Crippen LogP contribution in [0.2, 0.25) is 0 Å². The van der Waals surface area contributed by atoms with Crippen molar-refractivity contribution < 1.29 is 9.53 Å². The van der Waals surface area contributed by atoms with Crippen molar-refractivity contribution in [3.8, 4) is 11.8 Å². The van der Waals surface area contributed by atoms with Gasteiger partial charge in [-0.2, -0.15) is 5.26 Å². The Morgan fingerprint density at radius 2 is 2.04 bits per heavy atom. The quantitative estimate of drug-likeness (QED) is 0.628. The first-order valence-electron chi connectivity index (χ1n) is 8.14. The summed E-state index contributed by atoms with van der Waals surface area (Å²) in [5, 5.41) is 12.5. The van der Waals surface area contributed by atoms with Crippen molar-refractivity contribution in [2.45, 2.75) is 39.5 Å². The van der Waals surface area contributed by atoms with Crippen LogP contribution in [0.15, 0.2) is 35.5 Å². The number of ether oxygens (including phenoxy) is 1. The zero-order chi connectivity index (χ0) is 17.7. The second kappa shape index (κ2) is 8.07. The molecule has 0 saturated heterocycles. The Morgan fingerprint density at radius 1 is 1.38 bits per heavy atom. The second-order valence-corrected chi connectivity index (χ2v) is 6.38. The van der Waals surface area contributed by atoms with Gasteiger partial charge in [-0.15, -0.1) is 0 Å². The zero-order valence-corrected chi connectivity index (χ0v) is 15.1. The molecule has 0 fully saturated rings. The number of hydrogen-bond acceptors (Lipinski definition) is 4. The maximum absolute atomic E-state index is 12.1. The molecule has 1 N–H and O–H groups in total. The fraction of sp³-hybridized carbons (Fsp3) is 0.421. The Morgan fingerprint density at radius 3 is 2.58 bits per heavy atom. The summed E-state index contributed by atoms with van der Waals surface area (Å²) in [4.78, 5) is 12.6. The van der Waals surface area contributed by atoms with E-state index in [0.29, 0.717) is 17.2 Å². The normalized spacial score (nSPS) is 20.3. The van der Waals surface area contributed by atoms with Crippen LogP contribution in [0.25, 0.3) is 0 Å². The van der Waals surface area contributed by atoms with E-state index in [4.69, 9.17) is 17.0 Å². The van der Waals surface area contributed by atoms with E-state index >= 15 is 0 Å². The van der Waals surface area contributed by atoms with Crippen LogP contribution in [0, 0.1) is 17.2 Å². The average molecular weight is 342 g/mol. The number of nitrogens with zero attached hydrogens (tertiary/aromatic N) is 1. The van der Waals surface area contributed by atoms with Gasteiger partial charge < -0.3 is 10.1 Å². The molecule has 0 saturated carbocycles. The highest BCUT2D eigenvalue weighted by atomic mass is 32.1. The molecule has 1 unspecified atom stereocenters. The molecule has 1 aliphatic heterocycles. The van der Waals surface area contributed by atoms with E-state index in [1.165, 1.54) is 6.92 Å². The van der Waals surface area contributed by atoms with E-state index in [9.17, 15) is 10.1 Å². The van der Waals surface area contributed by atoms with Crippen LogP contribution in [0.3, 0.4) is 0 Å². The third-order valence-electron chi connectivity index (χ3n) is 4.17. The SMILES string of the molecule is CCCCOc1ccc([C@H]2C(C(C)=O)=C(C)NC(=S)C2C#N)cc1. The molecule has 0 bridgehead atoms. The van der Waals surface area contributed by atoms with Crippen LogP contribution in [0.1, 0.15) is 45.1 Å². The van der Waals surface area contributed by atoms with Gasteiger partial charge in [-0.25, -0.2) is 0 Å². The number of carbonyl (C=O) groups excluding carboxylic acids is 1. The summed E-state index contributed by atoms with van der Waals surface area (Å²) in [6.45, 7) is 6.16. The molecule has 24 heavy (non-hydrogen) atoms. The van der Waals surface area contributed by atoms with Crippen molar-refractivity contribution in [3.63, 3.8) is 0 Å². The highest BCUT2D eigenvalue weighted by Crippen LogP contribution is 2.38. The first kappa shape index (κ1) is 18.2. The summed E-state index contributed by atoms with van der Waals surface area (Å²) >= 11 is 5.31. The van der Waals surface area contributed by atoms with Gasteiger partial charge in [-0.3, -0.25) is 4.79 Å². The van der Waals surface area contributed by atoms with Crippen LogP contribution in [0.5, 0.6) is 5.75 Å². The van der Waals surface area contributed by atoms with Crippen LogP contribution < -0.4 is 10.1 Å². The number of Topliss-reactive ketones (excluding diaryl/α,β-unsaturated/α-hetero) is 1. The van der Waals surface area contributed by atoms with Gasteiger partial charge in [0.15, 0.2) is 5.78 Å². The van der Waals surface area contributed by atoms with Gasteiger partial charge in [0, 0.05) is 17.2 Å². The smallest absolute Gasteiger partial charge is 0.158 e. The van der Waals surface area contributed by atoms with Crippen molar-refractivity contribution in [1.29, 1.82) is 5.26 Å². The molecule has 126 valence electrons. The molecule has 2 rings (SSSR count). The molecule has 5 heteroatoms. The molecule has 1 aromatic carbocycles. The number of carbonyl (C=O) groups is 1. The third kappa shape index (κ3) is 3.82. The predicted octanol–water partition coefficient (Wildman–Crippen LogP) is 3.88. The first-order chi connectivity index (χ1) is 11.5. The molecule has 1 heterocycles. The first-order valence-corrected chi connectivity index (χ1v) is 8.55. The number of unbranched alkanes of at least 4 members (excludes halogenated alkanes) is 1. The standard InChI is InChI=1S/C19H22N2O2S/c1-4-5-10-23-15-8-6-14(7-9-15)18-16(11-20)19(24)21-12(2)17(18)13(3)22/h6-9,16,18H,4-5,10H2,1-3H3,(H,21,24)/t16?,18-/m1/s1. The Hall–Kier alpha value is -2.19. The van der Waals surface area contributed by atoms with E-state index in [-0.39, 0.29) is 11.7 Å². The summed E-state index contributed by atoms with van der Waals surface area (Å²) < 4.78 is 5.68. The third-order valence-corrected chi connectivity index (χ3v) is 4.52. The molecule has 1 aromatic rings. The number of allylic oxidation sites excluding steroid dienone is 2. The lowest BCUT2D eigenvalue weighted by atomic mass is 9.76. The minimum Gasteiger partial charge on any atom is -0.494 e. The summed E-state index contributed by atoms with van der Waals surface area (Å²) in [5.41, 5.74) is 2.25. The van der Waals surface area contributed by atoms with Crippen LogP contribution in [-0.4, -0.2) is 17.4 Å². The molecule has 4 nitrogen and oxygen atoms in total. The summed E-state index contributed by atoms with van der Waals surface area (Å²) in [6.07, 6.45) is 2.09. The number of rotatable bonds is 6. The molecule has 0 radical (unpaired) electrons. The molecule has 0 aromatic heterocycles. The summed E-state index contributed by atoms with van der Waals surface area (Å²) in [5.74, 6) is -0.140. The van der Waals surface area contributed by atoms with Gasteiger partial charge in [0.25, 0.3) is 0 Å². The van der Waals surface area contributed by atoms with Crippen molar-refractivity contribution in [3.05, 3.63) is 41.1 Å². The van der Waals surface area contributed by atoms with Crippen LogP contribution in [-0.2, 0) is 4.79 Å². The van der Waals surface area contributed by atoms with Gasteiger partial charge in [-0.05, 0) is 38.0 Å². The van der Waals surface area contributed by atoms with Crippen LogP contribution in [0.4, 0.5) is 0 Å². The van der Waals surface area contributed by atoms with Crippen molar-refractivity contribution in [2.75, 3.05) is 6.61 Å². The van der Waals surface area contributed by atoms with Gasteiger partial charge in [0.1, 0.15) is 11.7 Å². The average Bonchev–Trinajstić information content (AvgIpc) is 2.54. The minimum atomic E-state index is -0.547. The van der Waals surface area contributed by atoms with E-state index in [0.717, 1.165) is 29.9 Å². The number of benzene rings is 1. The zero-order valence-electron chi connectivity index (χ0n) is 14.3. The Labute approximate surface area is 148 Å². The molecule has 2 atom stereocenters. The lowest BCUT2D eigenvalue weighted by Crippen LogP contribution is -2.39. The number of thiocarbonyl (C=S) groups is 1. The number of nitriles is 1. The fourth-order valence-electron chi connectivity index (χ4n) is 2.96. The minimum absolute atomic E-state index is 0.0453. The number of hydrogen-bond donors (Lipinski definition) is 1. The molecule has 0 spiro atoms. The highest BCUT2D eigenvalue weighted by molar-refractivity contribution is 7.80. The molecule has 0 aliphatic carbocycles. The van der Waals surface area contributed by atoms with E-state index in [1.54, 1.807) is 0 Å². The van der Waals surface area contributed by atoms with Gasteiger partial charge in [0.05, 0.1) is 17.7 Å². The van der Waals surface area contributed by atoms with Gasteiger partial charge >= 0.3 is 0 Å².